The molecule has 3 rings (SSSR count). The second kappa shape index (κ2) is 8.04. The van der Waals surface area contributed by atoms with Gasteiger partial charge in [0.2, 0.25) is 5.91 Å². The number of amides is 3. The highest BCUT2D eigenvalue weighted by atomic mass is 16.2. The maximum absolute atomic E-state index is 12.6. The first-order valence-electron chi connectivity index (χ1n) is 9.01. The highest BCUT2D eigenvalue weighted by molar-refractivity contribution is 5.94. The van der Waals surface area contributed by atoms with Crippen molar-refractivity contribution in [2.24, 2.45) is 5.92 Å². The number of urea groups is 1. The first-order valence-corrected chi connectivity index (χ1v) is 9.01. The first-order chi connectivity index (χ1) is 12.5. The summed E-state index contributed by atoms with van der Waals surface area (Å²) in [5, 5.41) is 5.90. The summed E-state index contributed by atoms with van der Waals surface area (Å²) in [6, 6.07) is 15.3. The highest BCUT2D eigenvalue weighted by Crippen LogP contribution is 2.20. The molecule has 0 unspecified atom stereocenters. The number of anilines is 2. The predicted molar refractivity (Wildman–Crippen MR) is 104 cm³/mol. The summed E-state index contributed by atoms with van der Waals surface area (Å²) in [7, 11) is 0. The highest BCUT2D eigenvalue weighted by Gasteiger charge is 2.28. The van der Waals surface area contributed by atoms with Crippen molar-refractivity contribution in [3.05, 3.63) is 59.7 Å². The van der Waals surface area contributed by atoms with Gasteiger partial charge >= 0.3 is 6.03 Å². The predicted octanol–water partition coefficient (Wildman–Crippen LogP) is 4.19. The van der Waals surface area contributed by atoms with Gasteiger partial charge in [-0.25, -0.2) is 4.79 Å². The molecule has 2 aromatic carbocycles. The number of rotatable bonds is 3. The van der Waals surface area contributed by atoms with Crippen molar-refractivity contribution in [2.45, 2.75) is 26.7 Å². The largest absolute Gasteiger partial charge is 0.326 e. The zero-order valence-corrected chi connectivity index (χ0v) is 15.3. The van der Waals surface area contributed by atoms with Gasteiger partial charge in [-0.1, -0.05) is 24.3 Å². The summed E-state index contributed by atoms with van der Waals surface area (Å²) in [5.41, 5.74) is 3.78. The average Bonchev–Trinajstić information content (AvgIpc) is 2.62. The third-order valence-corrected chi connectivity index (χ3v) is 4.63. The summed E-state index contributed by atoms with van der Waals surface area (Å²) >= 11 is 0. The molecule has 2 aromatic rings. The van der Waals surface area contributed by atoms with Crippen molar-refractivity contribution >= 4 is 23.3 Å². The molecule has 0 radical (unpaired) electrons. The number of likely N-dealkylation sites (tertiary alicyclic amines) is 1. The molecule has 0 aliphatic carbocycles. The Morgan fingerprint density at radius 3 is 2.19 bits per heavy atom. The molecule has 3 amide bonds. The molecule has 0 bridgehead atoms. The smallest absolute Gasteiger partial charge is 0.321 e. The minimum Gasteiger partial charge on any atom is -0.326 e. The van der Waals surface area contributed by atoms with Crippen LogP contribution in [0.1, 0.15) is 24.0 Å². The van der Waals surface area contributed by atoms with E-state index in [9.17, 15) is 9.59 Å². The van der Waals surface area contributed by atoms with E-state index in [1.54, 1.807) is 4.90 Å². The molecule has 0 saturated carbocycles. The fourth-order valence-electron chi connectivity index (χ4n) is 3.27. The van der Waals surface area contributed by atoms with Crippen LogP contribution in [-0.4, -0.2) is 29.9 Å². The summed E-state index contributed by atoms with van der Waals surface area (Å²) in [5.74, 6) is -0.212. The minimum absolute atomic E-state index is 0.0244. The molecule has 136 valence electrons. The molecule has 1 atom stereocenters. The van der Waals surface area contributed by atoms with E-state index in [0.29, 0.717) is 13.1 Å². The van der Waals surface area contributed by atoms with E-state index < -0.39 is 0 Å². The Hall–Kier alpha value is -2.82. The lowest BCUT2D eigenvalue weighted by Crippen LogP contribution is -2.45. The third kappa shape index (κ3) is 4.63. The number of carbonyl (C=O) groups is 2. The zero-order chi connectivity index (χ0) is 18.5. The van der Waals surface area contributed by atoms with Gasteiger partial charge in [-0.2, -0.15) is 0 Å². The Morgan fingerprint density at radius 1 is 0.962 bits per heavy atom. The van der Waals surface area contributed by atoms with Crippen LogP contribution in [0.3, 0.4) is 0 Å². The number of benzene rings is 2. The van der Waals surface area contributed by atoms with E-state index in [2.05, 4.69) is 10.6 Å². The van der Waals surface area contributed by atoms with Crippen molar-refractivity contribution in [3.63, 3.8) is 0 Å². The molecule has 26 heavy (non-hydrogen) atoms. The first kappa shape index (κ1) is 18.0. The van der Waals surface area contributed by atoms with Crippen molar-refractivity contribution in [1.82, 2.24) is 4.90 Å². The number of nitrogens with one attached hydrogen (secondary N) is 2. The maximum atomic E-state index is 12.6. The van der Waals surface area contributed by atoms with Gasteiger partial charge in [0.25, 0.3) is 0 Å². The van der Waals surface area contributed by atoms with Crippen LogP contribution in [0.5, 0.6) is 0 Å². The quantitative estimate of drug-likeness (QED) is 0.871. The molecular formula is C21H25N3O2. The molecule has 1 fully saturated rings. The zero-order valence-electron chi connectivity index (χ0n) is 15.3. The summed E-state index contributed by atoms with van der Waals surface area (Å²) < 4.78 is 0. The SMILES string of the molecule is Cc1cccc(NC(=O)[C@H]2CCCN(C(=O)Nc3cccc(C)c3)C2)c1. The van der Waals surface area contributed by atoms with Crippen LogP contribution in [0, 0.1) is 19.8 Å². The van der Waals surface area contributed by atoms with Gasteiger partial charge in [0.15, 0.2) is 0 Å². The fraction of sp³-hybridized carbons (Fsp3) is 0.333. The van der Waals surface area contributed by atoms with E-state index in [-0.39, 0.29) is 17.9 Å². The van der Waals surface area contributed by atoms with Crippen LogP contribution in [0.15, 0.2) is 48.5 Å². The second-order valence-electron chi connectivity index (χ2n) is 6.94. The third-order valence-electron chi connectivity index (χ3n) is 4.63. The van der Waals surface area contributed by atoms with Gasteiger partial charge in [-0.05, 0) is 62.1 Å². The molecule has 5 nitrogen and oxygen atoms in total. The van der Waals surface area contributed by atoms with E-state index in [1.165, 1.54) is 0 Å². The lowest BCUT2D eigenvalue weighted by molar-refractivity contribution is -0.121. The van der Waals surface area contributed by atoms with Crippen molar-refractivity contribution in [3.8, 4) is 0 Å². The Bertz CT molecular complexity index is 738. The van der Waals surface area contributed by atoms with Gasteiger partial charge < -0.3 is 15.5 Å². The lowest BCUT2D eigenvalue weighted by Gasteiger charge is -2.32. The Balaban J connectivity index is 1.59. The molecule has 1 heterocycles. The number of carbonyl (C=O) groups excluding carboxylic acids is 2. The van der Waals surface area contributed by atoms with Gasteiger partial charge in [0.1, 0.15) is 0 Å². The minimum atomic E-state index is -0.187. The van der Waals surface area contributed by atoms with Gasteiger partial charge in [0, 0.05) is 24.5 Å². The van der Waals surface area contributed by atoms with Crippen LogP contribution in [0.2, 0.25) is 0 Å². The Morgan fingerprint density at radius 2 is 1.58 bits per heavy atom. The summed E-state index contributed by atoms with van der Waals surface area (Å²) in [4.78, 5) is 26.8. The summed E-state index contributed by atoms with van der Waals surface area (Å²) in [6.45, 7) is 5.09. The van der Waals surface area contributed by atoms with Gasteiger partial charge in [0.05, 0.1) is 5.92 Å². The fourth-order valence-corrected chi connectivity index (χ4v) is 3.27. The standard InChI is InChI=1S/C21H25N3O2/c1-15-6-3-9-18(12-15)22-20(25)17-8-5-11-24(14-17)21(26)23-19-10-4-7-16(2)13-19/h3-4,6-7,9-10,12-13,17H,5,8,11,14H2,1-2H3,(H,22,25)(H,23,26)/t17-/m0/s1. The molecule has 1 saturated heterocycles. The van der Waals surface area contributed by atoms with Crippen LogP contribution < -0.4 is 10.6 Å². The van der Waals surface area contributed by atoms with Crippen LogP contribution >= 0.6 is 0 Å². The average molecular weight is 351 g/mol. The number of nitrogens with zero attached hydrogens (tertiary/aromatic N) is 1. The molecular weight excluding hydrogens is 326 g/mol. The van der Waals surface area contributed by atoms with E-state index in [4.69, 9.17) is 0 Å². The van der Waals surface area contributed by atoms with Crippen molar-refractivity contribution in [1.29, 1.82) is 0 Å². The van der Waals surface area contributed by atoms with Gasteiger partial charge in [-0.15, -0.1) is 0 Å². The number of hydrogen-bond donors (Lipinski definition) is 2. The molecule has 2 N–H and O–H groups in total. The number of piperidine rings is 1. The van der Waals surface area contributed by atoms with Crippen LogP contribution in [0.25, 0.3) is 0 Å². The molecule has 0 spiro atoms. The van der Waals surface area contributed by atoms with E-state index in [1.807, 2.05) is 62.4 Å². The van der Waals surface area contributed by atoms with Crippen molar-refractivity contribution in [2.75, 3.05) is 23.7 Å². The molecule has 5 heteroatoms. The second-order valence-corrected chi connectivity index (χ2v) is 6.94. The lowest BCUT2D eigenvalue weighted by atomic mass is 9.97. The molecule has 0 aromatic heterocycles. The van der Waals surface area contributed by atoms with Crippen LogP contribution in [0.4, 0.5) is 16.2 Å². The monoisotopic (exact) mass is 351 g/mol. The normalized spacial score (nSPS) is 16.8. The number of hydrogen-bond acceptors (Lipinski definition) is 2. The van der Waals surface area contributed by atoms with Gasteiger partial charge in [-0.3, -0.25) is 4.79 Å². The topological polar surface area (TPSA) is 61.4 Å². The van der Waals surface area contributed by atoms with Crippen LogP contribution in [-0.2, 0) is 4.79 Å². The Kier molecular flexibility index (Phi) is 5.56. The molecule has 1 aliphatic rings. The van der Waals surface area contributed by atoms with E-state index >= 15 is 0 Å². The molecule has 1 aliphatic heterocycles. The van der Waals surface area contributed by atoms with Crippen molar-refractivity contribution < 1.29 is 9.59 Å². The van der Waals surface area contributed by atoms with E-state index in [0.717, 1.165) is 35.3 Å². The number of aryl methyl sites for hydroxylation is 2. The summed E-state index contributed by atoms with van der Waals surface area (Å²) in [6.07, 6.45) is 1.62. The maximum Gasteiger partial charge on any atom is 0.321 e. The Labute approximate surface area is 154 Å².